The minimum Gasteiger partial charge on any atom is -0.479 e. The van der Waals surface area contributed by atoms with Crippen LogP contribution < -0.4 is 4.74 Å². The number of benzene rings is 1. The third-order valence-corrected chi connectivity index (χ3v) is 4.20. The highest BCUT2D eigenvalue weighted by atomic mass is 16.5. The van der Waals surface area contributed by atoms with Crippen molar-refractivity contribution >= 4 is 5.91 Å². The first kappa shape index (κ1) is 17.3. The topological polar surface area (TPSA) is 62.6 Å². The first-order valence-corrected chi connectivity index (χ1v) is 8.04. The first-order chi connectivity index (χ1) is 11.1. The maximum absolute atomic E-state index is 12.8. The summed E-state index contributed by atoms with van der Waals surface area (Å²) in [6.07, 6.45) is 1.35. The van der Waals surface area contributed by atoms with E-state index in [9.17, 15) is 10.1 Å². The third kappa shape index (κ3) is 4.23. The second kappa shape index (κ2) is 7.98. The second-order valence-corrected chi connectivity index (χ2v) is 6.15. The Kier molecular flexibility index (Phi) is 6.00. The Morgan fingerprint density at radius 3 is 2.52 bits per heavy atom. The van der Waals surface area contributed by atoms with Gasteiger partial charge in [-0.15, -0.1) is 0 Å². The molecule has 1 saturated heterocycles. The fourth-order valence-corrected chi connectivity index (χ4v) is 2.76. The molecule has 1 heterocycles. The number of carbonyl (C=O) groups is 1. The van der Waals surface area contributed by atoms with E-state index in [1.165, 1.54) is 0 Å². The summed E-state index contributed by atoms with van der Waals surface area (Å²) in [7, 11) is 1.71. The normalized spacial score (nSPS) is 16.9. The molecule has 5 heteroatoms. The number of amides is 1. The number of hydrogen-bond donors (Lipinski definition) is 0. The second-order valence-electron chi connectivity index (χ2n) is 6.15. The Bertz CT molecular complexity index is 572. The Balaban J connectivity index is 2.09. The average molecular weight is 316 g/mol. The van der Waals surface area contributed by atoms with Gasteiger partial charge in [-0.1, -0.05) is 26.0 Å². The van der Waals surface area contributed by atoms with Crippen LogP contribution >= 0.6 is 0 Å². The van der Waals surface area contributed by atoms with Crippen LogP contribution in [0.3, 0.4) is 0 Å². The molecule has 0 N–H and O–H groups in total. The van der Waals surface area contributed by atoms with E-state index in [0.29, 0.717) is 24.4 Å². The maximum Gasteiger partial charge on any atom is 0.263 e. The molecule has 1 aliphatic heterocycles. The minimum atomic E-state index is -0.580. The number of nitriles is 1. The largest absolute Gasteiger partial charge is 0.479 e. The van der Waals surface area contributed by atoms with Crippen molar-refractivity contribution < 1.29 is 14.3 Å². The molecule has 1 aromatic carbocycles. The van der Waals surface area contributed by atoms with Crippen molar-refractivity contribution in [2.45, 2.75) is 38.9 Å². The molecule has 0 aliphatic carbocycles. The van der Waals surface area contributed by atoms with Crippen molar-refractivity contribution in [1.29, 1.82) is 5.26 Å². The molecule has 124 valence electrons. The quantitative estimate of drug-likeness (QED) is 0.837. The molecule has 5 nitrogen and oxygen atoms in total. The zero-order valence-electron chi connectivity index (χ0n) is 14.0. The summed E-state index contributed by atoms with van der Waals surface area (Å²) in [5.41, 5.74) is 0.448. The summed E-state index contributed by atoms with van der Waals surface area (Å²) in [6.45, 7) is 5.28. The van der Waals surface area contributed by atoms with E-state index in [4.69, 9.17) is 9.47 Å². The zero-order chi connectivity index (χ0) is 16.8. The van der Waals surface area contributed by atoms with Crippen LogP contribution in [-0.2, 0) is 9.53 Å². The predicted molar refractivity (Wildman–Crippen MR) is 87.0 cm³/mol. The van der Waals surface area contributed by atoms with Gasteiger partial charge in [0.2, 0.25) is 0 Å². The van der Waals surface area contributed by atoms with E-state index in [0.717, 1.165) is 12.8 Å². The number of rotatable bonds is 5. The van der Waals surface area contributed by atoms with Crippen molar-refractivity contribution in [2.24, 2.45) is 5.92 Å². The lowest BCUT2D eigenvalue weighted by molar-refractivity contribution is -0.143. The summed E-state index contributed by atoms with van der Waals surface area (Å²) in [4.78, 5) is 14.7. The first-order valence-electron chi connectivity index (χ1n) is 8.04. The molecular formula is C18H24N2O3. The van der Waals surface area contributed by atoms with E-state index in [-0.39, 0.29) is 17.9 Å². The highest BCUT2D eigenvalue weighted by Crippen LogP contribution is 2.23. The number of methoxy groups -OCH3 is 1. The van der Waals surface area contributed by atoms with Gasteiger partial charge in [0.1, 0.15) is 11.8 Å². The molecule has 0 bridgehead atoms. The van der Waals surface area contributed by atoms with Gasteiger partial charge in [0, 0.05) is 20.2 Å². The molecule has 1 aliphatic rings. The van der Waals surface area contributed by atoms with Crippen LogP contribution in [0.15, 0.2) is 24.3 Å². The SMILES string of the molecule is COC1CCN(C(=O)C(Oc2ccccc2C#N)C(C)C)CC1. The van der Waals surface area contributed by atoms with Gasteiger partial charge in [0.05, 0.1) is 11.7 Å². The summed E-state index contributed by atoms with van der Waals surface area (Å²) in [5, 5.41) is 9.17. The Morgan fingerprint density at radius 2 is 1.96 bits per heavy atom. The molecule has 1 amide bonds. The van der Waals surface area contributed by atoms with Crippen LogP contribution in [0.25, 0.3) is 0 Å². The highest BCUT2D eigenvalue weighted by Gasteiger charge is 2.32. The molecule has 2 rings (SSSR count). The average Bonchev–Trinajstić information content (AvgIpc) is 2.59. The number of para-hydroxylation sites is 1. The van der Waals surface area contributed by atoms with Crippen LogP contribution in [-0.4, -0.2) is 43.2 Å². The number of nitrogens with zero attached hydrogens (tertiary/aromatic N) is 2. The number of ether oxygens (including phenoxy) is 2. The summed E-state index contributed by atoms with van der Waals surface area (Å²) >= 11 is 0. The monoisotopic (exact) mass is 316 g/mol. The van der Waals surface area contributed by atoms with Gasteiger partial charge >= 0.3 is 0 Å². The van der Waals surface area contributed by atoms with Crippen molar-refractivity contribution in [3.8, 4) is 11.8 Å². The lowest BCUT2D eigenvalue weighted by atomic mass is 10.0. The van der Waals surface area contributed by atoms with Gasteiger partial charge in [-0.25, -0.2) is 0 Å². The Labute approximate surface area is 137 Å². The lowest BCUT2D eigenvalue weighted by Crippen LogP contribution is -2.48. The molecular weight excluding hydrogens is 292 g/mol. The molecule has 0 aromatic heterocycles. The molecule has 0 spiro atoms. The van der Waals surface area contributed by atoms with E-state index >= 15 is 0 Å². The van der Waals surface area contributed by atoms with Crippen LogP contribution in [0.1, 0.15) is 32.3 Å². The smallest absolute Gasteiger partial charge is 0.263 e. The lowest BCUT2D eigenvalue weighted by Gasteiger charge is -2.34. The highest BCUT2D eigenvalue weighted by molar-refractivity contribution is 5.81. The van der Waals surface area contributed by atoms with Crippen molar-refractivity contribution in [2.75, 3.05) is 20.2 Å². The van der Waals surface area contributed by atoms with Crippen LogP contribution in [0.5, 0.6) is 5.75 Å². The fraction of sp³-hybridized carbons (Fsp3) is 0.556. The molecule has 1 atom stereocenters. The molecule has 1 unspecified atom stereocenters. The van der Waals surface area contributed by atoms with E-state index < -0.39 is 6.10 Å². The molecule has 0 saturated carbocycles. The van der Waals surface area contributed by atoms with Crippen LogP contribution in [0.4, 0.5) is 0 Å². The van der Waals surface area contributed by atoms with Gasteiger partial charge in [-0.3, -0.25) is 4.79 Å². The van der Waals surface area contributed by atoms with Crippen LogP contribution in [0, 0.1) is 17.2 Å². The maximum atomic E-state index is 12.8. The van der Waals surface area contributed by atoms with Gasteiger partial charge in [-0.05, 0) is 30.9 Å². The number of carbonyl (C=O) groups excluding carboxylic acids is 1. The van der Waals surface area contributed by atoms with Gasteiger partial charge < -0.3 is 14.4 Å². The van der Waals surface area contributed by atoms with Gasteiger partial charge in [0.25, 0.3) is 5.91 Å². The van der Waals surface area contributed by atoms with Gasteiger partial charge in [0.15, 0.2) is 6.10 Å². The molecule has 1 fully saturated rings. The summed E-state index contributed by atoms with van der Waals surface area (Å²) in [5.74, 6) is 0.477. The van der Waals surface area contributed by atoms with Gasteiger partial charge in [-0.2, -0.15) is 5.26 Å². The third-order valence-electron chi connectivity index (χ3n) is 4.20. The van der Waals surface area contributed by atoms with Crippen molar-refractivity contribution in [1.82, 2.24) is 4.90 Å². The van der Waals surface area contributed by atoms with E-state index in [2.05, 4.69) is 6.07 Å². The Hall–Kier alpha value is -2.06. The number of piperidine rings is 1. The summed E-state index contributed by atoms with van der Waals surface area (Å²) < 4.78 is 11.3. The van der Waals surface area contributed by atoms with Crippen LogP contribution in [0.2, 0.25) is 0 Å². The fourth-order valence-electron chi connectivity index (χ4n) is 2.76. The molecule has 23 heavy (non-hydrogen) atoms. The number of hydrogen-bond acceptors (Lipinski definition) is 4. The molecule has 1 aromatic rings. The molecule has 0 radical (unpaired) electrons. The van der Waals surface area contributed by atoms with Crippen molar-refractivity contribution in [3.05, 3.63) is 29.8 Å². The van der Waals surface area contributed by atoms with E-state index in [1.807, 2.05) is 24.8 Å². The number of likely N-dealkylation sites (tertiary alicyclic amines) is 1. The summed E-state index contributed by atoms with van der Waals surface area (Å²) in [6, 6.07) is 9.13. The zero-order valence-corrected chi connectivity index (χ0v) is 14.0. The predicted octanol–water partition coefficient (Wildman–Crippen LogP) is 2.60. The Morgan fingerprint density at radius 1 is 1.30 bits per heavy atom. The standard InChI is InChI=1S/C18H24N2O3/c1-13(2)17(23-16-7-5-4-6-14(16)12-19)18(21)20-10-8-15(22-3)9-11-20/h4-7,13,15,17H,8-11H2,1-3H3. The minimum absolute atomic E-state index is 0.0118. The van der Waals surface area contributed by atoms with Crippen molar-refractivity contribution in [3.63, 3.8) is 0 Å². The van der Waals surface area contributed by atoms with E-state index in [1.54, 1.807) is 25.3 Å².